The van der Waals surface area contributed by atoms with Gasteiger partial charge < -0.3 is 30.9 Å². The van der Waals surface area contributed by atoms with Gasteiger partial charge in [0.2, 0.25) is 23.6 Å². The van der Waals surface area contributed by atoms with Gasteiger partial charge in [-0.3, -0.25) is 24.0 Å². The van der Waals surface area contributed by atoms with Crippen molar-refractivity contribution in [1.82, 2.24) is 26.2 Å². The van der Waals surface area contributed by atoms with E-state index >= 15 is 0 Å². The molecule has 3 rings (SSSR count). The predicted octanol–water partition coefficient (Wildman–Crippen LogP) is 3.37. The molecule has 0 spiro atoms. The van der Waals surface area contributed by atoms with Crippen molar-refractivity contribution in [2.75, 3.05) is 26.7 Å². The molecule has 1 aliphatic rings. The van der Waals surface area contributed by atoms with Crippen LogP contribution in [-0.2, 0) is 25.6 Å². The van der Waals surface area contributed by atoms with Crippen molar-refractivity contribution in [2.24, 2.45) is 5.92 Å². The highest BCUT2D eigenvalue weighted by atomic mass is 16.5. The summed E-state index contributed by atoms with van der Waals surface area (Å²) in [4.78, 5) is 69.2. The van der Waals surface area contributed by atoms with Crippen LogP contribution < -0.4 is 26.0 Å². The molecule has 0 aromatic heterocycles. The van der Waals surface area contributed by atoms with E-state index in [1.165, 1.54) is 0 Å². The number of amides is 5. The van der Waals surface area contributed by atoms with Crippen LogP contribution >= 0.6 is 0 Å². The summed E-state index contributed by atoms with van der Waals surface area (Å²) in [5, 5.41) is 11.2. The van der Waals surface area contributed by atoms with Crippen molar-refractivity contribution in [3.05, 3.63) is 65.7 Å². The topological polar surface area (TPSA) is 146 Å². The fourth-order valence-corrected chi connectivity index (χ4v) is 5.42. The molecule has 0 saturated carbocycles. The Morgan fingerprint density at radius 2 is 1.62 bits per heavy atom. The maximum absolute atomic E-state index is 13.8. The lowest BCUT2D eigenvalue weighted by Gasteiger charge is -2.28. The minimum absolute atomic E-state index is 0.129. The molecule has 0 unspecified atom stereocenters. The van der Waals surface area contributed by atoms with E-state index in [-0.39, 0.29) is 23.8 Å². The van der Waals surface area contributed by atoms with Crippen LogP contribution in [0.5, 0.6) is 5.75 Å². The van der Waals surface area contributed by atoms with Crippen molar-refractivity contribution in [2.45, 2.75) is 90.3 Å². The van der Waals surface area contributed by atoms with Crippen LogP contribution in [-0.4, -0.2) is 79.3 Å². The van der Waals surface area contributed by atoms with Crippen LogP contribution in [0.15, 0.2) is 54.6 Å². The number of nitrogens with one attached hydrogen (secondary N) is 4. The number of rotatable bonds is 7. The first-order chi connectivity index (χ1) is 22.6. The van der Waals surface area contributed by atoms with E-state index in [1.54, 1.807) is 36.2 Å². The summed E-state index contributed by atoms with van der Waals surface area (Å²) in [5.74, 6) is -1.83. The summed E-state index contributed by atoms with van der Waals surface area (Å²) in [6, 6.07) is 13.0. The second-order valence-electron chi connectivity index (χ2n) is 12.5. The molecule has 0 saturated heterocycles. The van der Waals surface area contributed by atoms with Gasteiger partial charge in [-0.2, -0.15) is 0 Å². The molecule has 0 radical (unpaired) electrons. The van der Waals surface area contributed by atoms with Gasteiger partial charge in [0.1, 0.15) is 23.9 Å². The number of ether oxygens (including phenoxy) is 1. The molecule has 4 N–H and O–H groups in total. The van der Waals surface area contributed by atoms with E-state index in [1.807, 2.05) is 51.1 Å². The molecular weight excluding hydrogens is 598 g/mol. The highest BCUT2D eigenvalue weighted by molar-refractivity contribution is 6.01. The maximum atomic E-state index is 13.8. The number of carbonyl (C=O) groups excluding carboxylic acids is 5. The van der Waals surface area contributed by atoms with Gasteiger partial charge in [0.05, 0.1) is 18.6 Å². The van der Waals surface area contributed by atoms with Gasteiger partial charge in [-0.05, 0) is 49.3 Å². The summed E-state index contributed by atoms with van der Waals surface area (Å²) in [6.07, 6.45) is 4.16. The third-order valence-electron chi connectivity index (χ3n) is 7.97. The number of benzene rings is 2. The van der Waals surface area contributed by atoms with Gasteiger partial charge in [0, 0.05) is 26.6 Å². The van der Waals surface area contributed by atoms with Gasteiger partial charge in [-0.25, -0.2) is 0 Å². The number of carbonyl (C=O) groups is 5. The summed E-state index contributed by atoms with van der Waals surface area (Å²) in [7, 11) is 1.74. The number of likely N-dealkylation sites (N-methyl/N-ethyl adjacent to an activating group) is 1. The Morgan fingerprint density at radius 3 is 2.34 bits per heavy atom. The molecule has 2 aromatic carbocycles. The van der Waals surface area contributed by atoms with E-state index in [9.17, 15) is 24.0 Å². The summed E-state index contributed by atoms with van der Waals surface area (Å²) < 4.78 is 5.96. The molecule has 11 nitrogen and oxygen atoms in total. The predicted molar refractivity (Wildman–Crippen MR) is 181 cm³/mol. The Kier molecular flexibility index (Phi) is 15.2. The first-order valence-electron chi connectivity index (χ1n) is 16.8. The lowest BCUT2D eigenvalue weighted by Crippen LogP contribution is -2.56. The summed E-state index contributed by atoms with van der Waals surface area (Å²) in [6.45, 7) is 7.18. The summed E-state index contributed by atoms with van der Waals surface area (Å²) in [5.41, 5.74) is 1.06. The minimum atomic E-state index is -1.21. The Labute approximate surface area is 278 Å². The fraction of sp³-hybridized carbons (Fsp3) is 0.528. The van der Waals surface area contributed by atoms with Crippen molar-refractivity contribution < 1.29 is 28.7 Å². The molecule has 0 fully saturated rings. The van der Waals surface area contributed by atoms with Gasteiger partial charge in [0.25, 0.3) is 5.91 Å². The Balaban J connectivity index is 1.94. The molecule has 0 aliphatic carbocycles. The molecular formula is C36H51N5O6. The van der Waals surface area contributed by atoms with Crippen LogP contribution in [0.4, 0.5) is 0 Å². The molecule has 2 aromatic rings. The third-order valence-corrected chi connectivity index (χ3v) is 7.97. The average molecular weight is 650 g/mol. The number of hydrogen-bond acceptors (Lipinski definition) is 6. The van der Waals surface area contributed by atoms with Crippen LogP contribution in [0.3, 0.4) is 0 Å². The largest absolute Gasteiger partial charge is 0.493 e. The molecule has 11 heteroatoms. The zero-order chi connectivity index (χ0) is 34.2. The molecule has 1 aliphatic heterocycles. The van der Waals surface area contributed by atoms with E-state index in [0.717, 1.165) is 31.2 Å². The lowest BCUT2D eigenvalue weighted by atomic mass is 10.0. The Hall–Kier alpha value is -4.41. The second kappa shape index (κ2) is 19.3. The highest BCUT2D eigenvalue weighted by Crippen LogP contribution is 2.19. The van der Waals surface area contributed by atoms with Crippen LogP contribution in [0.25, 0.3) is 0 Å². The van der Waals surface area contributed by atoms with Crippen molar-refractivity contribution in [3.8, 4) is 5.75 Å². The number of hydrogen-bond donors (Lipinski definition) is 4. The van der Waals surface area contributed by atoms with Gasteiger partial charge in [0.15, 0.2) is 0 Å². The zero-order valence-corrected chi connectivity index (χ0v) is 28.2. The minimum Gasteiger partial charge on any atom is -0.493 e. The highest BCUT2D eigenvalue weighted by Gasteiger charge is 2.31. The molecule has 3 atom stereocenters. The van der Waals surface area contributed by atoms with E-state index < -0.39 is 48.2 Å². The number of fused-ring (bicyclic) bond motifs is 1. The van der Waals surface area contributed by atoms with E-state index in [2.05, 4.69) is 21.3 Å². The maximum Gasteiger partial charge on any atom is 0.255 e. The zero-order valence-electron chi connectivity index (χ0n) is 28.2. The van der Waals surface area contributed by atoms with Crippen molar-refractivity contribution >= 4 is 29.5 Å². The summed E-state index contributed by atoms with van der Waals surface area (Å²) >= 11 is 0. The molecule has 5 amide bonds. The smallest absolute Gasteiger partial charge is 0.255 e. The van der Waals surface area contributed by atoms with Gasteiger partial charge in [-0.1, -0.05) is 76.1 Å². The second-order valence-corrected chi connectivity index (χ2v) is 12.5. The van der Waals surface area contributed by atoms with Crippen molar-refractivity contribution in [1.29, 1.82) is 0 Å². The Morgan fingerprint density at radius 1 is 0.915 bits per heavy atom. The first kappa shape index (κ1) is 37.1. The van der Waals surface area contributed by atoms with Gasteiger partial charge in [-0.15, -0.1) is 0 Å². The van der Waals surface area contributed by atoms with Crippen molar-refractivity contribution in [3.63, 3.8) is 0 Å². The molecule has 0 bridgehead atoms. The van der Waals surface area contributed by atoms with Crippen LogP contribution in [0.1, 0.15) is 81.6 Å². The SMILES string of the molecule is CCCNC(=O)[C@@H]1CC(=O)N[C@@H](Cc2ccccc2)C(=O)N[C@@H](CC(C)C)C(=O)N(C)CCCCCCOc2ccccc2C(=O)N1. The first-order valence-corrected chi connectivity index (χ1v) is 16.8. The fourth-order valence-electron chi connectivity index (χ4n) is 5.42. The monoisotopic (exact) mass is 649 g/mol. The quantitative estimate of drug-likeness (QED) is 0.362. The Bertz CT molecular complexity index is 1330. The molecule has 256 valence electrons. The standard InChI is InChI=1S/C36H51N5O6/c1-5-19-37-34(44)29-24-32(42)38-28(23-26-15-9-8-10-16-26)35(45)40-30(22-25(2)3)36(46)41(4)20-13-6-7-14-21-47-31-18-12-11-17-27(31)33(43)39-29/h8-12,15-18,25,28-30H,5-7,13-14,19-24H2,1-4H3,(H,37,44)(H,38,42)(H,39,43)(H,40,45)/t28-,29-,30-/m0/s1. The van der Waals surface area contributed by atoms with Crippen LogP contribution in [0, 0.1) is 5.92 Å². The van der Waals surface area contributed by atoms with Gasteiger partial charge >= 0.3 is 0 Å². The van der Waals surface area contributed by atoms with E-state index in [4.69, 9.17) is 4.74 Å². The molecule has 1 heterocycles. The van der Waals surface area contributed by atoms with E-state index in [0.29, 0.717) is 38.3 Å². The normalized spacial score (nSPS) is 21.0. The lowest BCUT2D eigenvalue weighted by molar-refractivity contribution is -0.137. The number of nitrogens with zero attached hydrogens (tertiary/aromatic N) is 1. The third kappa shape index (κ3) is 12.4. The average Bonchev–Trinajstić information content (AvgIpc) is 3.05. The molecule has 47 heavy (non-hydrogen) atoms. The van der Waals surface area contributed by atoms with Crippen LogP contribution in [0.2, 0.25) is 0 Å². The number of para-hydroxylation sites is 1.